The number of aliphatic hydroxyl groups is 4. The molecule has 10 N–H and O–H groups in total. The Labute approximate surface area is 118 Å². The van der Waals surface area contributed by atoms with Crippen LogP contribution in [0.3, 0.4) is 0 Å². The molecule has 4 unspecified atom stereocenters. The molecule has 120 valence electrons. The number of nitrogens with two attached hydrogens (primary N) is 1. The largest absolute Gasteiger partial charge is 0.394 e. The second-order valence-corrected chi connectivity index (χ2v) is 4.16. The Kier molecular flexibility index (Phi) is 5.54. The maximum absolute atomic E-state index is 12.1. The van der Waals surface area contributed by atoms with Crippen LogP contribution < -0.4 is 22.8 Å². The Hall–Kier alpha value is -1.83. The lowest BCUT2D eigenvalue weighted by Crippen LogP contribution is -2.38. The molecule has 2 heterocycles. The van der Waals surface area contributed by atoms with Crippen LogP contribution in [-0.4, -0.2) is 67.1 Å². The molecule has 1 aliphatic heterocycles. The lowest BCUT2D eigenvalue weighted by Gasteiger charge is -2.16. The lowest BCUT2D eigenvalue weighted by molar-refractivity contribution is -0.0621. The van der Waals surface area contributed by atoms with Gasteiger partial charge in [-0.25, -0.2) is 0 Å². The minimum Gasteiger partial charge on any atom is -0.394 e. The van der Waals surface area contributed by atoms with Crippen molar-refractivity contribution >= 4 is 11.5 Å². The molecule has 21 heavy (non-hydrogen) atoms. The van der Waals surface area contributed by atoms with Crippen LogP contribution in [0.2, 0.25) is 0 Å². The van der Waals surface area contributed by atoms with Crippen molar-refractivity contribution in [2.24, 2.45) is 0 Å². The quantitative estimate of drug-likeness (QED) is 0.269. The summed E-state index contributed by atoms with van der Waals surface area (Å²) < 4.78 is 5.83. The monoisotopic (exact) mass is 306 g/mol. The normalized spacial score (nSPS) is 28.2. The van der Waals surface area contributed by atoms with Crippen LogP contribution in [0.1, 0.15) is 6.23 Å². The van der Waals surface area contributed by atoms with Crippen molar-refractivity contribution < 1.29 is 25.2 Å². The van der Waals surface area contributed by atoms with E-state index in [4.69, 9.17) is 20.7 Å². The zero-order valence-corrected chi connectivity index (χ0v) is 11.0. The highest BCUT2D eigenvalue weighted by molar-refractivity contribution is 5.58. The third kappa shape index (κ3) is 2.94. The fourth-order valence-electron chi connectivity index (χ4n) is 1.90. The molecule has 12 nitrogen and oxygen atoms in total. The summed E-state index contributed by atoms with van der Waals surface area (Å²) in [6, 6.07) is 0. The number of nitrogens with zero attached hydrogens (tertiary/aromatic N) is 3. The Morgan fingerprint density at radius 1 is 1.33 bits per heavy atom. The number of nitrogen functional groups attached to an aromatic ring is 1. The van der Waals surface area contributed by atoms with Gasteiger partial charge in [0.05, 0.1) is 6.61 Å². The van der Waals surface area contributed by atoms with E-state index in [0.717, 1.165) is 0 Å². The van der Waals surface area contributed by atoms with Gasteiger partial charge in [0.1, 0.15) is 30.7 Å². The molecule has 4 atom stereocenters. The highest BCUT2D eigenvalue weighted by Crippen LogP contribution is 2.27. The van der Waals surface area contributed by atoms with E-state index in [0.29, 0.717) is 4.68 Å². The Bertz CT molecular complexity index is 538. The standard InChI is InChI=1S/C9H15N5O6.H3N/c10-7-4(11-2-16)8(19)14(13-12-7)9-6(18)5(17)3(1-15)20-9;/h3,5-6,9,11,15-18H,1-2,10H2;1H3. The zero-order valence-electron chi connectivity index (χ0n) is 11.0. The second-order valence-electron chi connectivity index (χ2n) is 4.16. The lowest BCUT2D eigenvalue weighted by atomic mass is 10.1. The molecule has 1 fully saturated rings. The zero-order chi connectivity index (χ0) is 14.9. The van der Waals surface area contributed by atoms with Gasteiger partial charge >= 0.3 is 0 Å². The van der Waals surface area contributed by atoms with E-state index in [1.807, 2.05) is 0 Å². The molecule has 0 radical (unpaired) electrons. The first kappa shape index (κ1) is 17.2. The number of aromatic nitrogens is 3. The number of anilines is 2. The van der Waals surface area contributed by atoms with E-state index in [1.165, 1.54) is 0 Å². The van der Waals surface area contributed by atoms with E-state index < -0.39 is 43.4 Å². The summed E-state index contributed by atoms with van der Waals surface area (Å²) in [5.74, 6) is -0.230. The summed E-state index contributed by atoms with van der Waals surface area (Å²) in [4.78, 5) is 12.1. The smallest absolute Gasteiger partial charge is 0.297 e. The first-order valence-corrected chi connectivity index (χ1v) is 5.73. The Morgan fingerprint density at radius 2 is 2.00 bits per heavy atom. The summed E-state index contributed by atoms with van der Waals surface area (Å²) in [5, 5.41) is 46.5. The number of rotatable bonds is 4. The van der Waals surface area contributed by atoms with Crippen LogP contribution in [0.4, 0.5) is 11.5 Å². The summed E-state index contributed by atoms with van der Waals surface area (Å²) in [7, 11) is 0. The summed E-state index contributed by atoms with van der Waals surface area (Å²) in [6.07, 6.45) is -5.20. The highest BCUT2D eigenvalue weighted by Gasteiger charge is 2.44. The molecule has 12 heteroatoms. The molecule has 1 aliphatic rings. The molecule has 0 bridgehead atoms. The SMILES string of the molecule is N.Nc1nnn(C2OC(CO)C(O)C2O)c(=O)c1NCO. The average Bonchev–Trinajstić information content (AvgIpc) is 2.71. The number of aliphatic hydroxyl groups excluding tert-OH is 4. The fourth-order valence-corrected chi connectivity index (χ4v) is 1.90. The first-order valence-electron chi connectivity index (χ1n) is 5.73. The van der Waals surface area contributed by atoms with Crippen LogP contribution in [0.25, 0.3) is 0 Å². The maximum Gasteiger partial charge on any atom is 0.297 e. The highest BCUT2D eigenvalue weighted by atomic mass is 16.6. The van der Waals surface area contributed by atoms with Gasteiger partial charge in [-0.05, 0) is 0 Å². The predicted molar refractivity (Wildman–Crippen MR) is 69.4 cm³/mol. The van der Waals surface area contributed by atoms with E-state index in [9.17, 15) is 15.0 Å². The number of hydrogen-bond acceptors (Lipinski definition) is 11. The molecule has 0 spiro atoms. The number of hydrogen-bond donors (Lipinski definition) is 7. The van der Waals surface area contributed by atoms with Crippen LogP contribution in [-0.2, 0) is 4.74 Å². The van der Waals surface area contributed by atoms with E-state index in [1.54, 1.807) is 0 Å². The molecule has 1 aromatic rings. The first-order chi connectivity index (χ1) is 9.51. The van der Waals surface area contributed by atoms with Gasteiger partial charge < -0.3 is 42.4 Å². The average molecular weight is 306 g/mol. The molecule has 1 saturated heterocycles. The van der Waals surface area contributed by atoms with Gasteiger partial charge in [-0.2, -0.15) is 4.68 Å². The van der Waals surface area contributed by atoms with Crippen molar-refractivity contribution in [3.8, 4) is 0 Å². The van der Waals surface area contributed by atoms with E-state index in [2.05, 4.69) is 15.6 Å². The van der Waals surface area contributed by atoms with E-state index in [-0.39, 0.29) is 17.7 Å². The maximum atomic E-state index is 12.1. The summed E-state index contributed by atoms with van der Waals surface area (Å²) in [5.41, 5.74) is 4.44. The molecular formula is C9H18N6O6. The third-order valence-corrected chi connectivity index (χ3v) is 2.94. The van der Waals surface area contributed by atoms with Crippen LogP contribution in [0, 0.1) is 0 Å². The van der Waals surface area contributed by atoms with Gasteiger partial charge in [0, 0.05) is 0 Å². The van der Waals surface area contributed by atoms with Gasteiger partial charge in [-0.3, -0.25) is 4.79 Å². The summed E-state index contributed by atoms with van der Waals surface area (Å²) in [6.45, 7) is -1.09. The van der Waals surface area contributed by atoms with Gasteiger partial charge in [0.15, 0.2) is 12.0 Å². The Morgan fingerprint density at radius 3 is 2.52 bits per heavy atom. The molecule has 0 amide bonds. The minimum absolute atomic E-state index is 0. The van der Waals surface area contributed by atoms with Crippen molar-refractivity contribution in [1.29, 1.82) is 0 Å². The molecule has 0 saturated carbocycles. The molecule has 0 aliphatic carbocycles. The van der Waals surface area contributed by atoms with E-state index >= 15 is 0 Å². The topological polar surface area (TPSA) is 211 Å². The number of nitrogens with one attached hydrogen (secondary N) is 1. The van der Waals surface area contributed by atoms with Crippen molar-refractivity contribution in [2.45, 2.75) is 24.5 Å². The van der Waals surface area contributed by atoms with Crippen molar-refractivity contribution in [3.05, 3.63) is 10.4 Å². The fraction of sp³-hybridized carbons (Fsp3) is 0.667. The van der Waals surface area contributed by atoms with Crippen LogP contribution >= 0.6 is 0 Å². The second kappa shape index (κ2) is 6.75. The predicted octanol–water partition coefficient (Wildman–Crippen LogP) is -3.64. The Balaban J connectivity index is 0.00000220. The van der Waals surface area contributed by atoms with Crippen molar-refractivity contribution in [2.75, 3.05) is 24.4 Å². The van der Waals surface area contributed by atoms with Gasteiger partial charge in [0.2, 0.25) is 0 Å². The summed E-state index contributed by atoms with van der Waals surface area (Å²) >= 11 is 0. The van der Waals surface area contributed by atoms with Gasteiger partial charge in [0.25, 0.3) is 5.56 Å². The van der Waals surface area contributed by atoms with Crippen molar-refractivity contribution in [1.82, 2.24) is 21.1 Å². The van der Waals surface area contributed by atoms with Gasteiger partial charge in [-0.15, -0.1) is 5.10 Å². The van der Waals surface area contributed by atoms with Crippen molar-refractivity contribution in [3.63, 3.8) is 0 Å². The molecule has 0 aromatic carbocycles. The van der Waals surface area contributed by atoms with Crippen LogP contribution in [0.5, 0.6) is 0 Å². The third-order valence-electron chi connectivity index (χ3n) is 2.94. The van der Waals surface area contributed by atoms with Gasteiger partial charge in [-0.1, -0.05) is 5.21 Å². The molecule has 2 rings (SSSR count). The number of ether oxygens (including phenoxy) is 1. The minimum atomic E-state index is -1.47. The molecule has 1 aromatic heterocycles. The van der Waals surface area contributed by atoms with Crippen LogP contribution in [0.15, 0.2) is 4.79 Å². The molecular weight excluding hydrogens is 288 g/mol.